The van der Waals surface area contributed by atoms with Gasteiger partial charge in [0, 0.05) is 18.0 Å². The molecule has 0 radical (unpaired) electrons. The summed E-state index contributed by atoms with van der Waals surface area (Å²) < 4.78 is 5.52. The molecule has 0 aromatic heterocycles. The van der Waals surface area contributed by atoms with Crippen molar-refractivity contribution in [2.45, 2.75) is 39.0 Å². The Kier molecular flexibility index (Phi) is 8.88. The van der Waals surface area contributed by atoms with Crippen LogP contribution in [0.25, 0.3) is 0 Å². The highest BCUT2D eigenvalue weighted by atomic mass is 35.5. The number of hydrogen-bond donors (Lipinski definition) is 1. The highest BCUT2D eigenvalue weighted by Crippen LogP contribution is 2.13. The molecule has 1 aromatic carbocycles. The zero-order valence-corrected chi connectivity index (χ0v) is 12.9. The molecule has 0 atom stereocenters. The molecule has 0 aliphatic carbocycles. The van der Waals surface area contributed by atoms with Gasteiger partial charge in [-0.05, 0) is 37.5 Å². The maximum atomic E-state index is 12.0. The second-order valence-electron chi connectivity index (χ2n) is 4.74. The topological polar surface area (TPSA) is 38.3 Å². The zero-order valence-electron chi connectivity index (χ0n) is 12.2. The molecule has 1 rings (SSSR count). The number of benzene rings is 1. The third-order valence-corrected chi connectivity index (χ3v) is 3.18. The van der Waals surface area contributed by atoms with Crippen LogP contribution in [0.15, 0.2) is 24.3 Å². The van der Waals surface area contributed by atoms with Crippen LogP contribution in [0, 0.1) is 0 Å². The Bertz CT molecular complexity index is 396. The predicted octanol–water partition coefficient (Wildman–Crippen LogP) is 4.00. The Hall–Kier alpha value is -1.22. The number of rotatable bonds is 10. The van der Waals surface area contributed by atoms with E-state index < -0.39 is 0 Å². The van der Waals surface area contributed by atoms with Crippen molar-refractivity contribution in [1.82, 2.24) is 5.32 Å². The van der Waals surface area contributed by atoms with E-state index in [1.807, 2.05) is 18.2 Å². The van der Waals surface area contributed by atoms with Gasteiger partial charge >= 0.3 is 0 Å². The second kappa shape index (κ2) is 10.6. The minimum Gasteiger partial charge on any atom is -0.494 e. The number of alkyl halides is 1. The van der Waals surface area contributed by atoms with Crippen molar-refractivity contribution in [2.75, 3.05) is 19.0 Å². The van der Waals surface area contributed by atoms with Crippen LogP contribution in [0.3, 0.4) is 0 Å². The van der Waals surface area contributed by atoms with Gasteiger partial charge in [0.1, 0.15) is 5.75 Å². The van der Waals surface area contributed by atoms with Crippen LogP contribution >= 0.6 is 11.6 Å². The molecule has 1 N–H and O–H groups in total. The summed E-state index contributed by atoms with van der Waals surface area (Å²) in [4.78, 5) is 12.0. The van der Waals surface area contributed by atoms with E-state index in [1.54, 1.807) is 6.07 Å². The average Bonchev–Trinajstić information content (AvgIpc) is 2.48. The largest absolute Gasteiger partial charge is 0.494 e. The number of ether oxygens (including phenoxy) is 1. The van der Waals surface area contributed by atoms with E-state index in [0.29, 0.717) is 18.7 Å². The van der Waals surface area contributed by atoms with Crippen LogP contribution in [0.4, 0.5) is 0 Å². The lowest BCUT2D eigenvalue weighted by Crippen LogP contribution is -2.24. The molecule has 3 nitrogen and oxygen atoms in total. The summed E-state index contributed by atoms with van der Waals surface area (Å²) in [6.07, 6.45) is 5.23. The molecule has 4 heteroatoms. The zero-order chi connectivity index (χ0) is 14.6. The summed E-state index contributed by atoms with van der Waals surface area (Å²) in [6.45, 7) is 3.44. The third kappa shape index (κ3) is 6.80. The summed E-state index contributed by atoms with van der Waals surface area (Å²) in [5, 5.41) is 2.93. The fraction of sp³-hybridized carbons (Fsp3) is 0.562. The summed E-state index contributed by atoms with van der Waals surface area (Å²) >= 11 is 5.61. The van der Waals surface area contributed by atoms with Gasteiger partial charge < -0.3 is 10.1 Å². The van der Waals surface area contributed by atoms with Crippen LogP contribution in [-0.4, -0.2) is 24.9 Å². The van der Waals surface area contributed by atoms with Crippen molar-refractivity contribution < 1.29 is 9.53 Å². The minimum absolute atomic E-state index is 0.0377. The Labute approximate surface area is 126 Å². The molecule has 0 saturated carbocycles. The number of carbonyl (C=O) groups is 1. The standard InChI is InChI=1S/C16H24ClNO2/c1-2-12-20-15-9-7-8-14(13-15)16(19)18-11-6-4-3-5-10-17/h7-9,13H,2-6,10-12H2,1H3,(H,18,19). The van der Waals surface area contributed by atoms with Crippen LogP contribution < -0.4 is 10.1 Å². The summed E-state index contributed by atoms with van der Waals surface area (Å²) in [6, 6.07) is 7.32. The molecule has 0 aliphatic heterocycles. The van der Waals surface area contributed by atoms with Gasteiger partial charge in [0.25, 0.3) is 5.91 Å². The first-order chi connectivity index (χ1) is 9.77. The molecule has 1 aromatic rings. The van der Waals surface area contributed by atoms with E-state index in [1.165, 1.54) is 0 Å². The molecule has 0 aliphatic rings. The second-order valence-corrected chi connectivity index (χ2v) is 5.11. The van der Waals surface area contributed by atoms with Crippen LogP contribution in [-0.2, 0) is 0 Å². The molecule has 20 heavy (non-hydrogen) atoms. The Morgan fingerprint density at radius 1 is 1.25 bits per heavy atom. The number of halogens is 1. The molecular weight excluding hydrogens is 274 g/mol. The first kappa shape index (κ1) is 16.8. The molecule has 1 amide bonds. The van der Waals surface area contributed by atoms with E-state index in [4.69, 9.17) is 16.3 Å². The van der Waals surface area contributed by atoms with Crippen molar-refractivity contribution in [2.24, 2.45) is 0 Å². The van der Waals surface area contributed by atoms with Gasteiger partial charge in [0.2, 0.25) is 0 Å². The van der Waals surface area contributed by atoms with E-state index in [9.17, 15) is 4.79 Å². The smallest absolute Gasteiger partial charge is 0.251 e. The van der Waals surface area contributed by atoms with Gasteiger partial charge in [-0.2, -0.15) is 0 Å². The highest BCUT2D eigenvalue weighted by Gasteiger charge is 2.05. The monoisotopic (exact) mass is 297 g/mol. The first-order valence-electron chi connectivity index (χ1n) is 7.35. The normalized spacial score (nSPS) is 10.3. The van der Waals surface area contributed by atoms with Crippen molar-refractivity contribution in [3.05, 3.63) is 29.8 Å². The fourth-order valence-corrected chi connectivity index (χ4v) is 2.01. The molecule has 0 saturated heterocycles. The number of hydrogen-bond acceptors (Lipinski definition) is 2. The summed E-state index contributed by atoms with van der Waals surface area (Å²) in [5.74, 6) is 1.43. The van der Waals surface area contributed by atoms with E-state index in [-0.39, 0.29) is 5.91 Å². The molecule has 0 unspecified atom stereocenters. The van der Waals surface area contributed by atoms with Crippen LogP contribution in [0.1, 0.15) is 49.4 Å². The van der Waals surface area contributed by atoms with E-state index in [2.05, 4.69) is 12.2 Å². The van der Waals surface area contributed by atoms with Gasteiger partial charge in [-0.1, -0.05) is 25.8 Å². The Balaban J connectivity index is 2.31. The maximum Gasteiger partial charge on any atom is 0.251 e. The SMILES string of the molecule is CCCOc1cccc(C(=O)NCCCCCCCl)c1. The molecule has 112 valence electrons. The number of nitrogens with one attached hydrogen (secondary N) is 1. The lowest BCUT2D eigenvalue weighted by molar-refractivity contribution is 0.0952. The van der Waals surface area contributed by atoms with Gasteiger partial charge in [-0.3, -0.25) is 4.79 Å². The lowest BCUT2D eigenvalue weighted by Gasteiger charge is -2.08. The van der Waals surface area contributed by atoms with Gasteiger partial charge in [0.15, 0.2) is 0 Å². The number of unbranched alkanes of at least 4 members (excludes halogenated alkanes) is 3. The third-order valence-electron chi connectivity index (χ3n) is 2.92. The van der Waals surface area contributed by atoms with Gasteiger partial charge in [-0.15, -0.1) is 11.6 Å². The molecule has 0 spiro atoms. The fourth-order valence-electron chi connectivity index (χ4n) is 1.82. The van der Waals surface area contributed by atoms with E-state index in [0.717, 1.165) is 43.7 Å². The average molecular weight is 298 g/mol. The molecule has 0 heterocycles. The molecule has 0 fully saturated rings. The Morgan fingerprint density at radius 3 is 2.80 bits per heavy atom. The summed E-state index contributed by atoms with van der Waals surface area (Å²) in [5.41, 5.74) is 0.652. The first-order valence-corrected chi connectivity index (χ1v) is 7.88. The van der Waals surface area contributed by atoms with Crippen LogP contribution in [0.5, 0.6) is 5.75 Å². The van der Waals surface area contributed by atoms with Crippen molar-refractivity contribution >= 4 is 17.5 Å². The Morgan fingerprint density at radius 2 is 2.05 bits per heavy atom. The van der Waals surface area contributed by atoms with Crippen molar-refractivity contribution in [1.29, 1.82) is 0 Å². The maximum absolute atomic E-state index is 12.0. The van der Waals surface area contributed by atoms with E-state index >= 15 is 0 Å². The van der Waals surface area contributed by atoms with Crippen molar-refractivity contribution in [3.8, 4) is 5.75 Å². The predicted molar refractivity (Wildman–Crippen MR) is 83.7 cm³/mol. The molecular formula is C16H24ClNO2. The highest BCUT2D eigenvalue weighted by molar-refractivity contribution is 6.17. The van der Waals surface area contributed by atoms with Crippen molar-refractivity contribution in [3.63, 3.8) is 0 Å². The number of carbonyl (C=O) groups excluding carboxylic acids is 1. The summed E-state index contributed by atoms with van der Waals surface area (Å²) in [7, 11) is 0. The van der Waals surface area contributed by atoms with Gasteiger partial charge in [0.05, 0.1) is 6.61 Å². The van der Waals surface area contributed by atoms with Crippen LogP contribution in [0.2, 0.25) is 0 Å². The van der Waals surface area contributed by atoms with Gasteiger partial charge in [-0.25, -0.2) is 0 Å². The molecule has 0 bridgehead atoms. The lowest BCUT2D eigenvalue weighted by atomic mass is 10.2. The minimum atomic E-state index is -0.0377. The number of amides is 1. The quantitative estimate of drug-likeness (QED) is 0.523.